The number of anilines is 1. The van der Waals surface area contributed by atoms with Crippen LogP contribution in [0.3, 0.4) is 0 Å². The summed E-state index contributed by atoms with van der Waals surface area (Å²) < 4.78 is 97.5. The van der Waals surface area contributed by atoms with Gasteiger partial charge in [-0.25, -0.2) is 18.0 Å². The highest BCUT2D eigenvalue weighted by molar-refractivity contribution is 5.89. The van der Waals surface area contributed by atoms with E-state index in [0.717, 1.165) is 16.3 Å². The number of ether oxygens (including phenoxy) is 1. The van der Waals surface area contributed by atoms with Crippen LogP contribution in [0.1, 0.15) is 11.0 Å². The minimum atomic E-state index is -4.55. The van der Waals surface area contributed by atoms with Crippen molar-refractivity contribution < 1.29 is 35.6 Å². The summed E-state index contributed by atoms with van der Waals surface area (Å²) in [5.41, 5.74) is 0.922. The third-order valence-corrected chi connectivity index (χ3v) is 5.79. The highest BCUT2D eigenvalue weighted by atomic mass is 19.4. The van der Waals surface area contributed by atoms with Gasteiger partial charge in [0.15, 0.2) is 0 Å². The van der Waals surface area contributed by atoms with Crippen molar-refractivity contribution in [2.45, 2.75) is 31.6 Å². The number of rotatable bonds is 5. The molecule has 36 heavy (non-hydrogen) atoms. The van der Waals surface area contributed by atoms with Gasteiger partial charge in [-0.15, -0.1) is 10.2 Å². The zero-order chi connectivity index (χ0) is 28.3. The number of carbonyl (C=O) groups is 1. The molecule has 15 heteroatoms. The number of amides is 1. The molecule has 1 N–H and O–H groups in total. The van der Waals surface area contributed by atoms with Crippen molar-refractivity contribution in [2.75, 3.05) is 25.4 Å². The standard InChI is InChI=1S/C21H19F5N8O2/c1-11(35)32-8-16(20(22,23)9-32)27-19-28-18(36-2)17-13(5-6-33(17)30-19)12-3-4-14-15(7-12)34(31-29-14)10-21(24,25)26/h3-7,16H,8-10H2,1-2H3,(H,27,30)/t16-/m1/s1/i2D3. The Kier molecular flexibility index (Phi) is 4.64. The highest BCUT2D eigenvalue weighted by Crippen LogP contribution is 2.34. The Hall–Kier alpha value is -4.04. The molecule has 0 unspecified atom stereocenters. The molecule has 1 aromatic carbocycles. The van der Waals surface area contributed by atoms with Crippen LogP contribution in [0.2, 0.25) is 0 Å². The first-order valence-electron chi connectivity index (χ1n) is 12.0. The van der Waals surface area contributed by atoms with E-state index in [0.29, 0.717) is 10.2 Å². The van der Waals surface area contributed by atoms with Gasteiger partial charge in [-0.3, -0.25) is 4.79 Å². The molecular weight excluding hydrogens is 491 g/mol. The minimum absolute atomic E-state index is 0.0226. The molecule has 4 aromatic rings. The Morgan fingerprint density at radius 1 is 1.33 bits per heavy atom. The maximum Gasteiger partial charge on any atom is 0.408 e. The quantitative estimate of drug-likeness (QED) is 0.410. The molecule has 3 aromatic heterocycles. The fourth-order valence-corrected chi connectivity index (χ4v) is 4.11. The SMILES string of the molecule is [2H]C([2H])([2H])Oc1nc(N[C@@H]2CN(C(C)=O)CC2(F)F)nn2ccc(-c3ccc4nnn(CC(F)(F)F)c4c3)c12. The normalized spacial score (nSPS) is 19.3. The highest BCUT2D eigenvalue weighted by Gasteiger charge is 2.49. The molecule has 1 fully saturated rings. The third-order valence-electron chi connectivity index (χ3n) is 5.79. The molecule has 10 nitrogen and oxygen atoms in total. The molecule has 1 atom stereocenters. The molecule has 0 aliphatic carbocycles. The summed E-state index contributed by atoms with van der Waals surface area (Å²) in [6.07, 6.45) is -3.16. The summed E-state index contributed by atoms with van der Waals surface area (Å²) in [7, 11) is -2.99. The molecule has 0 saturated carbocycles. The second-order valence-corrected chi connectivity index (χ2v) is 8.29. The fourth-order valence-electron chi connectivity index (χ4n) is 4.11. The van der Waals surface area contributed by atoms with Crippen molar-refractivity contribution in [2.24, 2.45) is 0 Å². The van der Waals surface area contributed by atoms with Crippen LogP contribution >= 0.6 is 0 Å². The van der Waals surface area contributed by atoms with Gasteiger partial charge in [0.05, 0.1) is 23.2 Å². The van der Waals surface area contributed by atoms with Gasteiger partial charge in [-0.2, -0.15) is 18.2 Å². The lowest BCUT2D eigenvalue weighted by Crippen LogP contribution is -2.38. The topological polar surface area (TPSA) is 102 Å². The number of methoxy groups -OCH3 is 1. The van der Waals surface area contributed by atoms with Gasteiger partial charge >= 0.3 is 6.18 Å². The second-order valence-electron chi connectivity index (χ2n) is 8.29. The molecular formula is C21H19F5N8O2. The Balaban J connectivity index is 1.57. The molecule has 0 bridgehead atoms. The molecule has 1 amide bonds. The van der Waals surface area contributed by atoms with Crippen LogP contribution in [0.5, 0.6) is 5.88 Å². The van der Waals surface area contributed by atoms with E-state index < -0.39 is 50.1 Å². The smallest absolute Gasteiger partial charge is 0.408 e. The van der Waals surface area contributed by atoms with Crippen molar-refractivity contribution in [3.05, 3.63) is 30.5 Å². The number of benzene rings is 1. The van der Waals surface area contributed by atoms with Crippen molar-refractivity contribution >= 4 is 28.4 Å². The van der Waals surface area contributed by atoms with Crippen LogP contribution in [0.15, 0.2) is 30.5 Å². The van der Waals surface area contributed by atoms with Crippen LogP contribution < -0.4 is 10.1 Å². The van der Waals surface area contributed by atoms with Gasteiger partial charge in [-0.05, 0) is 23.8 Å². The maximum absolute atomic E-state index is 14.5. The third kappa shape index (κ3) is 4.24. The lowest BCUT2D eigenvalue weighted by atomic mass is 10.1. The van der Waals surface area contributed by atoms with E-state index in [1.165, 1.54) is 30.5 Å². The summed E-state index contributed by atoms with van der Waals surface area (Å²) in [6, 6.07) is 4.29. The Morgan fingerprint density at radius 2 is 2.14 bits per heavy atom. The van der Waals surface area contributed by atoms with E-state index in [-0.39, 0.29) is 34.6 Å². The predicted molar refractivity (Wildman–Crippen MR) is 117 cm³/mol. The molecule has 0 spiro atoms. The Morgan fingerprint density at radius 3 is 2.83 bits per heavy atom. The van der Waals surface area contributed by atoms with E-state index in [9.17, 15) is 26.7 Å². The largest absolute Gasteiger partial charge is 0.479 e. The number of halogens is 5. The number of carbonyl (C=O) groups excluding carboxylic acids is 1. The molecule has 5 rings (SSSR count). The average Bonchev–Trinajstić information content (AvgIpc) is 3.47. The van der Waals surface area contributed by atoms with Gasteiger partial charge in [0.1, 0.15) is 23.6 Å². The Bertz CT molecular complexity index is 1570. The summed E-state index contributed by atoms with van der Waals surface area (Å²) >= 11 is 0. The van der Waals surface area contributed by atoms with Crippen LogP contribution in [0.4, 0.5) is 27.9 Å². The predicted octanol–water partition coefficient (Wildman–Crippen LogP) is 2.99. The number of fused-ring (bicyclic) bond motifs is 2. The molecule has 1 saturated heterocycles. The lowest BCUT2D eigenvalue weighted by Gasteiger charge is -2.19. The van der Waals surface area contributed by atoms with Crippen LogP contribution in [0, 0.1) is 0 Å². The number of likely N-dealkylation sites (tertiary alicyclic amines) is 1. The van der Waals surface area contributed by atoms with Crippen LogP contribution in [-0.2, 0) is 11.3 Å². The monoisotopic (exact) mass is 513 g/mol. The molecule has 1 aliphatic heterocycles. The zero-order valence-electron chi connectivity index (χ0n) is 21.4. The molecule has 4 heterocycles. The zero-order valence-corrected chi connectivity index (χ0v) is 18.4. The summed E-state index contributed by atoms with van der Waals surface area (Å²) in [5, 5.41) is 13.9. The van der Waals surface area contributed by atoms with Gasteiger partial charge in [0.2, 0.25) is 17.7 Å². The summed E-state index contributed by atoms with van der Waals surface area (Å²) in [5.74, 6) is -4.73. The van der Waals surface area contributed by atoms with Crippen LogP contribution in [0.25, 0.3) is 27.7 Å². The van der Waals surface area contributed by atoms with Gasteiger partial charge in [0, 0.05) is 25.2 Å². The maximum atomic E-state index is 14.5. The number of hydrogen-bond donors (Lipinski definition) is 1. The first-order chi connectivity index (χ1) is 18.1. The Labute approximate surface area is 203 Å². The van der Waals surface area contributed by atoms with Crippen molar-refractivity contribution in [1.82, 2.24) is 34.5 Å². The number of nitrogens with zero attached hydrogens (tertiary/aromatic N) is 7. The number of hydrogen-bond acceptors (Lipinski definition) is 7. The van der Waals surface area contributed by atoms with Crippen molar-refractivity contribution in [3.8, 4) is 17.0 Å². The van der Waals surface area contributed by atoms with Gasteiger partial charge in [0.25, 0.3) is 5.92 Å². The van der Waals surface area contributed by atoms with E-state index in [1.54, 1.807) is 0 Å². The second kappa shape index (κ2) is 8.27. The molecule has 190 valence electrons. The van der Waals surface area contributed by atoms with E-state index in [1.807, 2.05) is 0 Å². The van der Waals surface area contributed by atoms with Crippen molar-refractivity contribution in [1.29, 1.82) is 0 Å². The van der Waals surface area contributed by atoms with E-state index in [2.05, 4.69) is 25.7 Å². The number of aromatic nitrogens is 6. The van der Waals surface area contributed by atoms with Gasteiger partial charge in [-0.1, -0.05) is 11.3 Å². The average molecular weight is 513 g/mol. The minimum Gasteiger partial charge on any atom is -0.479 e. The summed E-state index contributed by atoms with van der Waals surface area (Å²) in [6.45, 7) is -1.36. The van der Waals surface area contributed by atoms with Crippen LogP contribution in [-0.4, -0.2) is 78.7 Å². The molecule has 0 radical (unpaired) electrons. The van der Waals surface area contributed by atoms with Gasteiger partial charge < -0.3 is 15.0 Å². The summed E-state index contributed by atoms with van der Waals surface area (Å²) in [4.78, 5) is 16.6. The first kappa shape index (κ1) is 20.2. The molecule has 1 aliphatic rings. The van der Waals surface area contributed by atoms with Crippen molar-refractivity contribution in [3.63, 3.8) is 0 Å². The lowest BCUT2D eigenvalue weighted by molar-refractivity contribution is -0.142. The number of nitrogens with one attached hydrogen (secondary N) is 1. The fraction of sp³-hybridized carbons (Fsp3) is 0.381. The van der Waals surface area contributed by atoms with E-state index in [4.69, 9.17) is 8.85 Å². The number of alkyl halides is 5. The first-order valence-corrected chi connectivity index (χ1v) is 10.5. The van der Waals surface area contributed by atoms with E-state index >= 15 is 0 Å².